The molecule has 0 aliphatic heterocycles. The zero-order chi connectivity index (χ0) is 11.9. The van der Waals surface area contributed by atoms with E-state index >= 15 is 0 Å². The molecule has 0 unspecified atom stereocenters. The SMILES string of the molecule is Brc1ccc(CCCNc2cc[c]cc2)cc1. The minimum absolute atomic E-state index is 1.00. The van der Waals surface area contributed by atoms with Gasteiger partial charge >= 0.3 is 0 Å². The van der Waals surface area contributed by atoms with E-state index in [1.54, 1.807) is 0 Å². The van der Waals surface area contributed by atoms with Crippen LogP contribution < -0.4 is 5.32 Å². The van der Waals surface area contributed by atoms with Crippen LogP contribution >= 0.6 is 15.9 Å². The molecule has 2 heteroatoms. The number of nitrogens with one attached hydrogen (secondary N) is 1. The Bertz CT molecular complexity index is 436. The fourth-order valence-corrected chi connectivity index (χ4v) is 1.95. The zero-order valence-electron chi connectivity index (χ0n) is 9.62. The van der Waals surface area contributed by atoms with Crippen molar-refractivity contribution in [2.45, 2.75) is 12.8 Å². The van der Waals surface area contributed by atoms with E-state index in [9.17, 15) is 0 Å². The predicted octanol–water partition coefficient (Wildman–Crippen LogP) is 4.29. The Morgan fingerprint density at radius 3 is 2.41 bits per heavy atom. The fourth-order valence-electron chi connectivity index (χ4n) is 1.68. The van der Waals surface area contributed by atoms with Gasteiger partial charge in [-0.15, -0.1) is 0 Å². The van der Waals surface area contributed by atoms with Gasteiger partial charge in [0.2, 0.25) is 0 Å². The highest BCUT2D eigenvalue weighted by molar-refractivity contribution is 9.10. The first-order valence-electron chi connectivity index (χ1n) is 5.79. The lowest BCUT2D eigenvalue weighted by atomic mass is 10.1. The van der Waals surface area contributed by atoms with E-state index in [0.29, 0.717) is 0 Å². The average Bonchev–Trinajstić information content (AvgIpc) is 2.38. The molecule has 0 saturated heterocycles. The Morgan fingerprint density at radius 2 is 1.71 bits per heavy atom. The van der Waals surface area contributed by atoms with Crippen molar-refractivity contribution in [1.29, 1.82) is 0 Å². The fraction of sp³-hybridized carbons (Fsp3) is 0.200. The second-order valence-electron chi connectivity index (χ2n) is 3.95. The molecule has 1 N–H and O–H groups in total. The molecule has 0 heterocycles. The van der Waals surface area contributed by atoms with Gasteiger partial charge in [-0.2, -0.15) is 0 Å². The average molecular weight is 289 g/mol. The molecule has 2 rings (SSSR count). The maximum atomic E-state index is 3.44. The predicted molar refractivity (Wildman–Crippen MR) is 76.2 cm³/mol. The Labute approximate surface area is 111 Å². The lowest BCUT2D eigenvalue weighted by Gasteiger charge is -2.06. The number of hydrogen-bond donors (Lipinski definition) is 1. The lowest BCUT2D eigenvalue weighted by molar-refractivity contribution is 0.863. The molecule has 1 nitrogen and oxygen atoms in total. The monoisotopic (exact) mass is 288 g/mol. The van der Waals surface area contributed by atoms with Crippen molar-refractivity contribution in [2.24, 2.45) is 0 Å². The third-order valence-electron chi connectivity index (χ3n) is 2.60. The van der Waals surface area contributed by atoms with Crippen LogP contribution in [0.2, 0.25) is 0 Å². The number of rotatable bonds is 5. The highest BCUT2D eigenvalue weighted by Crippen LogP contribution is 2.12. The first-order valence-corrected chi connectivity index (χ1v) is 6.58. The molecule has 0 saturated carbocycles. The molecule has 1 radical (unpaired) electrons. The van der Waals surface area contributed by atoms with Crippen LogP contribution in [-0.4, -0.2) is 6.54 Å². The van der Waals surface area contributed by atoms with Gasteiger partial charge in [0.25, 0.3) is 0 Å². The van der Waals surface area contributed by atoms with Gasteiger partial charge < -0.3 is 5.32 Å². The lowest BCUT2D eigenvalue weighted by Crippen LogP contribution is -2.02. The maximum Gasteiger partial charge on any atom is 0.0340 e. The Kier molecular flexibility index (Phi) is 4.63. The molecule has 0 fully saturated rings. The molecule has 0 atom stereocenters. The van der Waals surface area contributed by atoms with E-state index in [0.717, 1.165) is 23.9 Å². The summed E-state index contributed by atoms with van der Waals surface area (Å²) in [6.45, 7) is 1.00. The Balaban J connectivity index is 1.71. The quantitative estimate of drug-likeness (QED) is 0.809. The van der Waals surface area contributed by atoms with Crippen LogP contribution in [0.3, 0.4) is 0 Å². The summed E-state index contributed by atoms with van der Waals surface area (Å²) in [7, 11) is 0. The smallest absolute Gasteiger partial charge is 0.0340 e. The third kappa shape index (κ3) is 4.23. The van der Waals surface area contributed by atoms with Gasteiger partial charge in [-0.05, 0) is 48.7 Å². The summed E-state index contributed by atoms with van der Waals surface area (Å²) in [4.78, 5) is 0. The van der Waals surface area contributed by atoms with Crippen molar-refractivity contribution in [2.75, 3.05) is 11.9 Å². The van der Waals surface area contributed by atoms with Crippen molar-refractivity contribution in [3.63, 3.8) is 0 Å². The van der Waals surface area contributed by atoms with Gasteiger partial charge in [-0.1, -0.05) is 40.2 Å². The van der Waals surface area contributed by atoms with Gasteiger partial charge in [0.15, 0.2) is 0 Å². The first kappa shape index (κ1) is 12.2. The minimum Gasteiger partial charge on any atom is -0.385 e. The third-order valence-corrected chi connectivity index (χ3v) is 3.13. The van der Waals surface area contributed by atoms with Crippen LogP contribution in [0, 0.1) is 6.07 Å². The number of anilines is 1. The van der Waals surface area contributed by atoms with E-state index in [1.165, 1.54) is 11.3 Å². The van der Waals surface area contributed by atoms with E-state index in [2.05, 4.69) is 51.6 Å². The summed E-state index contributed by atoms with van der Waals surface area (Å²) in [5.41, 5.74) is 2.55. The summed E-state index contributed by atoms with van der Waals surface area (Å²) in [6, 6.07) is 19.5. The molecule has 0 aromatic heterocycles. The van der Waals surface area contributed by atoms with E-state index in [-0.39, 0.29) is 0 Å². The molecule has 87 valence electrons. The van der Waals surface area contributed by atoms with Crippen molar-refractivity contribution in [3.05, 3.63) is 64.6 Å². The molecular weight excluding hydrogens is 274 g/mol. The number of benzene rings is 2. The molecule has 0 bridgehead atoms. The van der Waals surface area contributed by atoms with Gasteiger partial charge in [-0.25, -0.2) is 0 Å². The standard InChI is InChI=1S/C15H15BrN/c16-14-10-8-13(9-11-14)5-4-12-17-15-6-2-1-3-7-15/h2-3,6-11,17H,4-5,12H2. The topological polar surface area (TPSA) is 12.0 Å². The number of hydrogen-bond acceptors (Lipinski definition) is 1. The molecule has 0 aliphatic rings. The number of aryl methyl sites for hydroxylation is 1. The highest BCUT2D eigenvalue weighted by Gasteiger charge is 1.94. The molecule has 0 spiro atoms. The molecule has 0 aliphatic carbocycles. The van der Waals surface area contributed by atoms with Crippen molar-refractivity contribution in [3.8, 4) is 0 Å². The molecular formula is C15H15BrN. The molecule has 2 aromatic rings. The summed E-state index contributed by atoms with van der Waals surface area (Å²) in [5, 5.41) is 3.40. The summed E-state index contributed by atoms with van der Waals surface area (Å²) >= 11 is 3.44. The Morgan fingerprint density at radius 1 is 1.00 bits per heavy atom. The van der Waals surface area contributed by atoms with Gasteiger partial charge in [0.1, 0.15) is 0 Å². The largest absolute Gasteiger partial charge is 0.385 e. The van der Waals surface area contributed by atoms with Crippen LogP contribution in [0.25, 0.3) is 0 Å². The maximum absolute atomic E-state index is 3.44. The van der Waals surface area contributed by atoms with E-state index in [1.807, 2.05) is 24.3 Å². The first-order chi connectivity index (χ1) is 8.34. The van der Waals surface area contributed by atoms with Crippen molar-refractivity contribution in [1.82, 2.24) is 0 Å². The summed E-state index contributed by atoms with van der Waals surface area (Å²) in [6.07, 6.45) is 2.25. The van der Waals surface area contributed by atoms with Crippen molar-refractivity contribution >= 4 is 21.6 Å². The minimum atomic E-state index is 1.00. The second kappa shape index (κ2) is 6.45. The normalized spacial score (nSPS) is 10.2. The van der Waals surface area contributed by atoms with Crippen LogP contribution in [0.4, 0.5) is 5.69 Å². The Hall–Kier alpha value is -1.28. The van der Waals surface area contributed by atoms with Gasteiger partial charge in [0, 0.05) is 16.7 Å². The number of halogens is 1. The van der Waals surface area contributed by atoms with Crippen LogP contribution in [0.1, 0.15) is 12.0 Å². The molecule has 17 heavy (non-hydrogen) atoms. The highest BCUT2D eigenvalue weighted by atomic mass is 79.9. The molecule has 0 amide bonds. The van der Waals surface area contributed by atoms with Crippen LogP contribution in [0.5, 0.6) is 0 Å². The van der Waals surface area contributed by atoms with Crippen LogP contribution in [-0.2, 0) is 6.42 Å². The summed E-state index contributed by atoms with van der Waals surface area (Å²) < 4.78 is 1.14. The zero-order valence-corrected chi connectivity index (χ0v) is 11.2. The van der Waals surface area contributed by atoms with E-state index < -0.39 is 0 Å². The van der Waals surface area contributed by atoms with E-state index in [4.69, 9.17) is 0 Å². The van der Waals surface area contributed by atoms with Gasteiger partial charge in [0.05, 0.1) is 0 Å². The van der Waals surface area contributed by atoms with Crippen molar-refractivity contribution < 1.29 is 0 Å². The summed E-state index contributed by atoms with van der Waals surface area (Å²) in [5.74, 6) is 0. The van der Waals surface area contributed by atoms with Gasteiger partial charge in [-0.3, -0.25) is 0 Å². The van der Waals surface area contributed by atoms with Crippen LogP contribution in [0.15, 0.2) is 53.0 Å². The second-order valence-corrected chi connectivity index (χ2v) is 4.86. The molecule has 2 aromatic carbocycles.